The van der Waals surface area contributed by atoms with Crippen molar-refractivity contribution >= 4 is 7.94 Å². The van der Waals surface area contributed by atoms with Crippen molar-refractivity contribution in [1.29, 1.82) is 0 Å². The lowest BCUT2D eigenvalue weighted by Crippen LogP contribution is -1.82. The SMILES string of the molecule is C=C[P]1(O)OCCO1. The third kappa shape index (κ3) is 1.06. The van der Waals surface area contributed by atoms with Crippen molar-refractivity contribution < 1.29 is 13.9 Å². The smallest absolute Gasteiger partial charge is 0.254 e. The van der Waals surface area contributed by atoms with Gasteiger partial charge in [-0.1, -0.05) is 6.58 Å². The van der Waals surface area contributed by atoms with Crippen molar-refractivity contribution in [3.8, 4) is 0 Å². The Bertz CT molecular complexity index is 97.5. The molecule has 0 atom stereocenters. The zero-order valence-corrected chi connectivity index (χ0v) is 5.30. The molecule has 0 unspecified atom stereocenters. The van der Waals surface area contributed by atoms with Crippen LogP contribution in [0.1, 0.15) is 0 Å². The lowest BCUT2D eigenvalue weighted by molar-refractivity contribution is 0.326. The molecule has 0 aliphatic carbocycles. The zero-order valence-electron chi connectivity index (χ0n) is 4.41. The molecule has 0 spiro atoms. The minimum absolute atomic E-state index is 0.482. The quantitative estimate of drug-likeness (QED) is 0.543. The molecule has 0 aromatic heterocycles. The molecule has 0 amide bonds. The van der Waals surface area contributed by atoms with Crippen molar-refractivity contribution in [2.45, 2.75) is 0 Å². The van der Waals surface area contributed by atoms with Gasteiger partial charge < -0.3 is 13.9 Å². The summed E-state index contributed by atoms with van der Waals surface area (Å²) in [5, 5.41) is 0. The molecular weight excluding hydrogens is 127 g/mol. The van der Waals surface area contributed by atoms with Crippen molar-refractivity contribution in [1.82, 2.24) is 0 Å². The van der Waals surface area contributed by atoms with E-state index in [1.54, 1.807) is 0 Å². The van der Waals surface area contributed by atoms with E-state index < -0.39 is 7.94 Å². The number of hydrogen-bond acceptors (Lipinski definition) is 3. The molecule has 0 bridgehead atoms. The third-order valence-corrected chi connectivity index (χ3v) is 2.43. The van der Waals surface area contributed by atoms with Crippen LogP contribution in [0.5, 0.6) is 0 Å². The highest BCUT2D eigenvalue weighted by Crippen LogP contribution is 2.60. The van der Waals surface area contributed by atoms with Crippen molar-refractivity contribution in [2.75, 3.05) is 13.2 Å². The molecule has 1 heterocycles. The standard InChI is InChI=1S/C4H8O3P/c1-2-8(5)6-3-4-7-8/h2,5H,1,3-4H2. The van der Waals surface area contributed by atoms with E-state index >= 15 is 0 Å². The van der Waals surface area contributed by atoms with E-state index in [2.05, 4.69) is 6.58 Å². The third-order valence-electron chi connectivity index (χ3n) is 0.867. The molecule has 1 aliphatic heterocycles. The van der Waals surface area contributed by atoms with Crippen molar-refractivity contribution in [2.24, 2.45) is 0 Å². The summed E-state index contributed by atoms with van der Waals surface area (Å²) in [6.07, 6.45) is 0. The largest absolute Gasteiger partial charge is 0.333 e. The highest BCUT2D eigenvalue weighted by Gasteiger charge is 2.27. The first kappa shape index (κ1) is 6.17. The molecule has 3 nitrogen and oxygen atoms in total. The summed E-state index contributed by atoms with van der Waals surface area (Å²) in [6.45, 7) is 4.33. The Kier molecular flexibility index (Phi) is 1.63. The van der Waals surface area contributed by atoms with Gasteiger partial charge >= 0.3 is 0 Å². The molecule has 0 aromatic rings. The minimum Gasteiger partial charge on any atom is -0.333 e. The normalized spacial score (nSPS) is 25.6. The van der Waals surface area contributed by atoms with Crippen LogP contribution in [0.25, 0.3) is 0 Å². The van der Waals surface area contributed by atoms with Gasteiger partial charge in [-0.15, -0.1) is 0 Å². The first-order valence-electron chi connectivity index (χ1n) is 2.31. The lowest BCUT2D eigenvalue weighted by Gasteiger charge is -2.14. The summed E-state index contributed by atoms with van der Waals surface area (Å²) in [6, 6.07) is 0. The Morgan fingerprint density at radius 1 is 1.50 bits per heavy atom. The van der Waals surface area contributed by atoms with Gasteiger partial charge in [-0.2, -0.15) is 0 Å². The average molecular weight is 135 g/mol. The predicted molar refractivity (Wildman–Crippen MR) is 31.2 cm³/mol. The van der Waals surface area contributed by atoms with E-state index in [1.807, 2.05) is 0 Å². The maximum Gasteiger partial charge on any atom is 0.254 e. The van der Waals surface area contributed by atoms with Gasteiger partial charge in [0.1, 0.15) is 0 Å². The highest BCUT2D eigenvalue weighted by atomic mass is 31.2. The average Bonchev–Trinajstić information content (AvgIpc) is 2.17. The summed E-state index contributed by atoms with van der Waals surface area (Å²) in [5.41, 5.74) is 0. The predicted octanol–water partition coefficient (Wildman–Crippen LogP) is 0.932. The Morgan fingerprint density at radius 2 is 2.00 bits per heavy atom. The fourth-order valence-electron chi connectivity index (χ4n) is 0.479. The van der Waals surface area contributed by atoms with Crippen molar-refractivity contribution in [3.63, 3.8) is 0 Å². The van der Waals surface area contributed by atoms with E-state index in [1.165, 1.54) is 5.82 Å². The summed E-state index contributed by atoms with van der Waals surface area (Å²) < 4.78 is 9.63. The Morgan fingerprint density at radius 3 is 2.25 bits per heavy atom. The Labute approximate surface area is 48.5 Å². The second-order valence-corrected chi connectivity index (χ2v) is 3.42. The first-order valence-corrected chi connectivity index (χ1v) is 3.96. The second kappa shape index (κ2) is 2.11. The van der Waals surface area contributed by atoms with Crippen LogP contribution >= 0.6 is 7.94 Å². The van der Waals surface area contributed by atoms with Crippen molar-refractivity contribution in [3.05, 3.63) is 12.4 Å². The van der Waals surface area contributed by atoms with Crippen LogP contribution < -0.4 is 0 Å². The fourth-order valence-corrected chi connectivity index (χ4v) is 1.44. The zero-order chi connectivity index (χ0) is 6.04. The first-order chi connectivity index (χ1) is 3.77. The van der Waals surface area contributed by atoms with E-state index in [-0.39, 0.29) is 0 Å². The monoisotopic (exact) mass is 135 g/mol. The molecule has 1 fully saturated rings. The molecule has 0 aromatic carbocycles. The summed E-state index contributed by atoms with van der Waals surface area (Å²) in [7, 11) is -2.54. The van der Waals surface area contributed by atoms with Crippen LogP contribution in [-0.2, 0) is 9.05 Å². The van der Waals surface area contributed by atoms with Gasteiger partial charge in [0.05, 0.1) is 13.2 Å². The molecule has 1 saturated heterocycles. The lowest BCUT2D eigenvalue weighted by atomic mass is 10.8. The molecule has 1 aliphatic rings. The highest BCUT2D eigenvalue weighted by molar-refractivity contribution is 7.64. The van der Waals surface area contributed by atoms with Gasteiger partial charge in [-0.25, -0.2) is 0 Å². The summed E-state index contributed by atoms with van der Waals surface area (Å²) in [4.78, 5) is 9.05. The molecule has 0 saturated carbocycles. The summed E-state index contributed by atoms with van der Waals surface area (Å²) >= 11 is 0. The van der Waals surface area contributed by atoms with Crippen LogP contribution in [-0.4, -0.2) is 18.1 Å². The van der Waals surface area contributed by atoms with Gasteiger partial charge in [0.15, 0.2) is 0 Å². The van der Waals surface area contributed by atoms with Crippen LogP contribution in [0.4, 0.5) is 0 Å². The molecule has 4 heteroatoms. The fraction of sp³-hybridized carbons (Fsp3) is 0.500. The minimum atomic E-state index is -2.54. The van der Waals surface area contributed by atoms with Gasteiger partial charge in [-0.05, 0) is 0 Å². The molecular formula is C4H8O3P. The van der Waals surface area contributed by atoms with Gasteiger partial charge in [-0.3, -0.25) is 0 Å². The van der Waals surface area contributed by atoms with Crippen LogP contribution in [0.3, 0.4) is 0 Å². The van der Waals surface area contributed by atoms with E-state index in [9.17, 15) is 0 Å². The molecule has 8 heavy (non-hydrogen) atoms. The molecule has 1 rings (SSSR count). The summed E-state index contributed by atoms with van der Waals surface area (Å²) in [5.74, 6) is 1.33. The Hall–Kier alpha value is 0.0500. The van der Waals surface area contributed by atoms with Gasteiger partial charge in [0.25, 0.3) is 7.94 Å². The number of hydrogen-bond donors (Lipinski definition) is 1. The van der Waals surface area contributed by atoms with Gasteiger partial charge in [0, 0.05) is 5.82 Å². The molecule has 1 N–H and O–H groups in total. The maximum absolute atomic E-state index is 9.05. The van der Waals surface area contributed by atoms with E-state index in [4.69, 9.17) is 13.9 Å². The van der Waals surface area contributed by atoms with E-state index in [0.29, 0.717) is 13.2 Å². The molecule has 47 valence electrons. The van der Waals surface area contributed by atoms with Crippen LogP contribution in [0.15, 0.2) is 12.4 Å². The second-order valence-electron chi connectivity index (χ2n) is 1.41. The van der Waals surface area contributed by atoms with E-state index in [0.717, 1.165) is 0 Å². The van der Waals surface area contributed by atoms with Crippen LogP contribution in [0, 0.1) is 0 Å². The van der Waals surface area contributed by atoms with Gasteiger partial charge in [0.2, 0.25) is 0 Å². The maximum atomic E-state index is 9.05. The Balaban J connectivity index is 2.52. The van der Waals surface area contributed by atoms with Crippen LogP contribution in [0.2, 0.25) is 0 Å². The topological polar surface area (TPSA) is 38.7 Å². The molecule has 1 radical (unpaired) electrons. The number of rotatable bonds is 1.